The monoisotopic (exact) mass is 456 g/mol. The quantitative estimate of drug-likeness (QED) is 0.607. The Bertz CT molecular complexity index is 761. The molecular weight excluding hydrogens is 416 g/mol. The summed E-state index contributed by atoms with van der Waals surface area (Å²) in [5.74, 6) is 0.766. The number of aromatic amines is 1. The van der Waals surface area contributed by atoms with E-state index in [1.54, 1.807) is 11.1 Å². The van der Waals surface area contributed by atoms with Gasteiger partial charge in [-0.3, -0.25) is 5.10 Å². The zero-order valence-corrected chi connectivity index (χ0v) is 20.6. The molecule has 7 nitrogen and oxygen atoms in total. The lowest BCUT2D eigenvalue weighted by molar-refractivity contribution is 0.0659. The van der Waals surface area contributed by atoms with Crippen molar-refractivity contribution in [2.24, 2.45) is 0 Å². The topological polar surface area (TPSA) is 91.2 Å². The first-order chi connectivity index (χ1) is 16.2. The molecule has 1 amide bonds. The van der Waals surface area contributed by atoms with Crippen LogP contribution in [0.25, 0.3) is 0 Å². The first-order valence-corrected chi connectivity index (χ1v) is 12.0. The Kier molecular flexibility index (Phi) is 15.1. The number of carbonyl (C=O) groups is 1. The summed E-state index contributed by atoms with van der Waals surface area (Å²) in [6.07, 6.45) is 11.8. The van der Waals surface area contributed by atoms with Gasteiger partial charge in [-0.1, -0.05) is 44.2 Å². The molecule has 2 fully saturated rings. The van der Waals surface area contributed by atoms with Crippen molar-refractivity contribution in [2.75, 3.05) is 27.3 Å². The molecule has 0 radical (unpaired) electrons. The van der Waals surface area contributed by atoms with Crippen molar-refractivity contribution in [3.63, 3.8) is 0 Å². The molecule has 1 aromatic heterocycles. The van der Waals surface area contributed by atoms with Crippen molar-refractivity contribution in [3.05, 3.63) is 53.9 Å². The molecule has 2 heterocycles. The minimum absolute atomic E-state index is 0.181. The minimum atomic E-state index is -0.181. The Morgan fingerprint density at radius 2 is 1.70 bits per heavy atom. The average molecular weight is 457 g/mol. The van der Waals surface area contributed by atoms with Crippen LogP contribution in [0.3, 0.4) is 0 Å². The summed E-state index contributed by atoms with van der Waals surface area (Å²) in [5, 5.41) is 14.2. The van der Waals surface area contributed by atoms with E-state index >= 15 is 0 Å². The third kappa shape index (κ3) is 11.0. The van der Waals surface area contributed by atoms with Crippen LogP contribution in [0, 0.1) is 11.3 Å². The summed E-state index contributed by atoms with van der Waals surface area (Å²) < 4.78 is 9.95. The second-order valence-corrected chi connectivity index (χ2v) is 7.74. The van der Waals surface area contributed by atoms with E-state index in [0.717, 1.165) is 31.8 Å². The molecule has 0 spiro atoms. The number of methoxy groups -OCH3 is 2. The highest BCUT2D eigenvalue weighted by molar-refractivity contribution is 5.67. The number of piperidine rings is 1. The summed E-state index contributed by atoms with van der Waals surface area (Å²) in [7, 11) is 3.25. The van der Waals surface area contributed by atoms with Crippen LogP contribution in [-0.4, -0.2) is 54.6 Å². The highest BCUT2D eigenvalue weighted by Crippen LogP contribution is 2.33. The number of nitriles is 1. The van der Waals surface area contributed by atoms with E-state index in [-0.39, 0.29) is 6.09 Å². The molecule has 1 saturated carbocycles. The number of H-pyrrole nitrogens is 1. The van der Waals surface area contributed by atoms with Crippen LogP contribution in [0.4, 0.5) is 4.79 Å². The van der Waals surface area contributed by atoms with E-state index in [1.165, 1.54) is 51.0 Å². The van der Waals surface area contributed by atoms with Gasteiger partial charge in [0.2, 0.25) is 0 Å². The van der Waals surface area contributed by atoms with Gasteiger partial charge in [-0.15, -0.1) is 0 Å². The van der Waals surface area contributed by atoms with Crippen LogP contribution in [0.2, 0.25) is 0 Å². The van der Waals surface area contributed by atoms with Crippen molar-refractivity contribution in [1.29, 1.82) is 5.26 Å². The maximum atomic E-state index is 10.9. The van der Waals surface area contributed by atoms with Gasteiger partial charge in [-0.25, -0.2) is 4.79 Å². The van der Waals surface area contributed by atoms with Crippen LogP contribution in [0.15, 0.2) is 42.7 Å². The lowest BCUT2D eigenvalue weighted by Crippen LogP contribution is -2.35. The first-order valence-electron chi connectivity index (χ1n) is 12.0. The summed E-state index contributed by atoms with van der Waals surface area (Å²) in [5.41, 5.74) is 2.07. The van der Waals surface area contributed by atoms with Crippen molar-refractivity contribution in [1.82, 2.24) is 15.1 Å². The largest absolute Gasteiger partial charge is 0.453 e. The van der Waals surface area contributed by atoms with E-state index in [9.17, 15) is 4.79 Å². The molecular formula is C26H40N4O3. The molecule has 2 aromatic rings. The van der Waals surface area contributed by atoms with E-state index in [1.807, 2.05) is 27.0 Å². The van der Waals surface area contributed by atoms with Crippen LogP contribution in [-0.2, 0) is 9.47 Å². The lowest BCUT2D eigenvalue weighted by atomic mass is 9.83. The van der Waals surface area contributed by atoms with Gasteiger partial charge in [-0.2, -0.15) is 10.4 Å². The van der Waals surface area contributed by atoms with Gasteiger partial charge in [0.05, 0.1) is 25.0 Å². The third-order valence-electron chi connectivity index (χ3n) is 5.69. The van der Waals surface area contributed by atoms with Gasteiger partial charge in [0, 0.05) is 26.4 Å². The molecule has 182 valence electrons. The number of hydrogen-bond acceptors (Lipinski definition) is 5. The molecule has 4 rings (SSSR count). The number of carbonyl (C=O) groups excluding carboxylic acids is 1. The number of likely N-dealkylation sites (tertiary alicyclic amines) is 1. The second-order valence-electron chi connectivity index (χ2n) is 7.74. The van der Waals surface area contributed by atoms with Gasteiger partial charge in [-0.05, 0) is 56.4 Å². The van der Waals surface area contributed by atoms with E-state index < -0.39 is 0 Å². The van der Waals surface area contributed by atoms with E-state index in [4.69, 9.17) is 10.00 Å². The zero-order valence-electron chi connectivity index (χ0n) is 20.6. The fourth-order valence-electron chi connectivity index (χ4n) is 3.87. The highest BCUT2D eigenvalue weighted by Gasteiger charge is 2.21. The highest BCUT2D eigenvalue weighted by atomic mass is 16.5. The van der Waals surface area contributed by atoms with Gasteiger partial charge < -0.3 is 14.4 Å². The minimum Gasteiger partial charge on any atom is -0.453 e. The number of ether oxygens (including phenoxy) is 2. The molecule has 1 N–H and O–H groups in total. The molecule has 33 heavy (non-hydrogen) atoms. The average Bonchev–Trinajstić information content (AvgIpc) is 3.45. The third-order valence-corrected chi connectivity index (χ3v) is 5.69. The predicted molar refractivity (Wildman–Crippen MR) is 131 cm³/mol. The molecule has 1 saturated heterocycles. The fraction of sp³-hybridized carbons (Fsp3) is 0.577. The molecule has 1 aliphatic carbocycles. The smallest absolute Gasteiger partial charge is 0.409 e. The van der Waals surface area contributed by atoms with E-state index in [0.29, 0.717) is 11.7 Å². The van der Waals surface area contributed by atoms with Crippen LogP contribution in [0.5, 0.6) is 0 Å². The molecule has 0 atom stereocenters. The first kappa shape index (κ1) is 28.2. The summed E-state index contributed by atoms with van der Waals surface area (Å²) >= 11 is 0. The number of rotatable bonds is 2. The Morgan fingerprint density at radius 3 is 2.15 bits per heavy atom. The number of hydrogen-bond donors (Lipinski definition) is 1. The summed E-state index contributed by atoms with van der Waals surface area (Å²) in [6, 6.07) is 12.8. The van der Waals surface area contributed by atoms with Crippen molar-refractivity contribution in [3.8, 4) is 6.07 Å². The Morgan fingerprint density at radius 1 is 1.06 bits per heavy atom. The SMILES string of the molecule is CC.COC(=O)N1CCCCC1.COC1CCC(c2ccccc2)CC1.N#Cc1cn[nH]c1. The molecule has 7 heteroatoms. The second kappa shape index (κ2) is 17.7. The fourth-order valence-corrected chi connectivity index (χ4v) is 3.87. The van der Waals surface area contributed by atoms with Crippen molar-refractivity contribution in [2.45, 2.75) is 70.8 Å². The lowest BCUT2D eigenvalue weighted by Gasteiger charge is -2.27. The number of aromatic nitrogens is 2. The normalized spacial score (nSPS) is 19.2. The number of benzene rings is 1. The molecule has 0 bridgehead atoms. The maximum Gasteiger partial charge on any atom is 0.409 e. The maximum absolute atomic E-state index is 10.9. The van der Waals surface area contributed by atoms with Gasteiger partial charge >= 0.3 is 6.09 Å². The predicted octanol–water partition coefficient (Wildman–Crippen LogP) is 5.91. The zero-order chi connectivity index (χ0) is 24.3. The molecule has 2 aliphatic rings. The number of nitrogens with zero attached hydrogens (tertiary/aromatic N) is 3. The van der Waals surface area contributed by atoms with Gasteiger partial charge in [0.1, 0.15) is 6.07 Å². The summed E-state index contributed by atoms with van der Waals surface area (Å²) in [6.45, 7) is 5.74. The van der Waals surface area contributed by atoms with Crippen molar-refractivity contribution < 1.29 is 14.3 Å². The Hall–Kier alpha value is -2.85. The van der Waals surface area contributed by atoms with Crippen LogP contribution < -0.4 is 0 Å². The molecule has 1 aliphatic heterocycles. The van der Waals surface area contributed by atoms with Crippen LogP contribution >= 0.6 is 0 Å². The number of amides is 1. The molecule has 1 aromatic carbocycles. The Labute approximate surface area is 199 Å². The molecule has 0 unspecified atom stereocenters. The standard InChI is InChI=1S/C13H18O.C7H13NO2.C4H3N3.C2H6/c1-14-13-9-7-12(8-10-13)11-5-3-2-4-6-11;1-10-7(9)8-5-3-2-4-6-8;5-1-4-2-6-7-3-4;1-2/h2-6,12-13H,7-10H2,1H3;2-6H2,1H3;2-3H,(H,6,7);1-2H3. The van der Waals surface area contributed by atoms with Gasteiger partial charge in [0.25, 0.3) is 0 Å². The summed E-state index contributed by atoms with van der Waals surface area (Å²) in [4.78, 5) is 12.6. The Balaban J connectivity index is 0.000000252. The van der Waals surface area contributed by atoms with Gasteiger partial charge in [0.15, 0.2) is 0 Å². The number of nitrogens with one attached hydrogen (secondary N) is 1. The van der Waals surface area contributed by atoms with E-state index in [2.05, 4.69) is 45.3 Å². The van der Waals surface area contributed by atoms with Crippen molar-refractivity contribution >= 4 is 6.09 Å². The van der Waals surface area contributed by atoms with Crippen LogP contribution in [0.1, 0.15) is 75.8 Å².